The summed E-state index contributed by atoms with van der Waals surface area (Å²) in [6.45, 7) is 2.19. The van der Waals surface area contributed by atoms with Crippen molar-refractivity contribution in [2.45, 2.75) is 24.9 Å². The van der Waals surface area contributed by atoms with Gasteiger partial charge in [0.25, 0.3) is 17.7 Å². The van der Waals surface area contributed by atoms with Gasteiger partial charge in [0.1, 0.15) is 5.56 Å². The van der Waals surface area contributed by atoms with Crippen LogP contribution >= 0.6 is 0 Å². The normalized spacial score (nSPS) is 11.9. The summed E-state index contributed by atoms with van der Waals surface area (Å²) in [7, 11) is -3.66. The third kappa shape index (κ3) is 5.27. The Morgan fingerprint density at radius 3 is 2.35 bits per heavy atom. The lowest BCUT2D eigenvalue weighted by Gasteiger charge is -2.16. The number of aryl methyl sites for hydroxylation is 1. The van der Waals surface area contributed by atoms with Crippen LogP contribution in [0.1, 0.15) is 27.3 Å². The van der Waals surface area contributed by atoms with Gasteiger partial charge in [-0.15, -0.1) is 10.2 Å². The second kappa shape index (κ2) is 8.93. The molecule has 0 saturated carbocycles. The summed E-state index contributed by atoms with van der Waals surface area (Å²) in [6.07, 6.45) is -4.09. The van der Waals surface area contributed by atoms with E-state index in [9.17, 15) is 35.2 Å². The van der Waals surface area contributed by atoms with Crippen LogP contribution in [-0.2, 0) is 16.0 Å². The summed E-state index contributed by atoms with van der Waals surface area (Å²) >= 11 is 0. The van der Waals surface area contributed by atoms with E-state index in [0.717, 1.165) is 25.3 Å². The van der Waals surface area contributed by atoms with Crippen molar-refractivity contribution in [1.82, 2.24) is 15.2 Å². The Morgan fingerprint density at radius 1 is 1.09 bits per heavy atom. The number of carbonyl (C=O) groups is 1. The molecule has 1 aromatic carbocycles. The van der Waals surface area contributed by atoms with Crippen molar-refractivity contribution in [3.63, 3.8) is 0 Å². The Balaban J connectivity index is 2.11. The number of sulfone groups is 1. The van der Waals surface area contributed by atoms with Gasteiger partial charge in [-0.3, -0.25) is 4.79 Å². The fourth-order valence-corrected chi connectivity index (χ4v) is 3.55. The third-order valence-electron chi connectivity index (χ3n) is 4.41. The molecule has 3 aromatic rings. The molecule has 0 bridgehead atoms. The van der Waals surface area contributed by atoms with Gasteiger partial charge in [0.2, 0.25) is 5.75 Å². The third-order valence-corrected chi connectivity index (χ3v) is 5.52. The van der Waals surface area contributed by atoms with Crippen LogP contribution in [0.5, 0.6) is 11.6 Å². The van der Waals surface area contributed by atoms with Gasteiger partial charge in [-0.2, -0.15) is 17.6 Å². The number of carbonyl (C=O) groups excluding carboxylic acids is 1. The second-order valence-electron chi connectivity index (χ2n) is 7.07. The highest BCUT2D eigenvalue weighted by molar-refractivity contribution is 7.90. The number of anilines is 1. The minimum atomic E-state index is -5.01. The number of alkyl halides is 3. The summed E-state index contributed by atoms with van der Waals surface area (Å²) in [6, 6.07) is 5.71. The summed E-state index contributed by atoms with van der Waals surface area (Å²) in [5.74, 6) is -5.92. The number of pyridine rings is 1. The molecule has 180 valence electrons. The van der Waals surface area contributed by atoms with E-state index < -0.39 is 62.1 Å². The van der Waals surface area contributed by atoms with Crippen LogP contribution in [-0.4, -0.2) is 35.8 Å². The minimum Gasteiger partial charge on any atom is -0.429 e. The van der Waals surface area contributed by atoms with Crippen LogP contribution < -0.4 is 10.1 Å². The number of halogens is 5. The van der Waals surface area contributed by atoms with Gasteiger partial charge in [0.05, 0.1) is 4.90 Å². The van der Waals surface area contributed by atoms with Crippen molar-refractivity contribution in [2.24, 2.45) is 0 Å². The molecule has 8 nitrogen and oxygen atoms in total. The smallest absolute Gasteiger partial charge is 0.429 e. The zero-order valence-electron chi connectivity index (χ0n) is 17.7. The van der Waals surface area contributed by atoms with E-state index in [1.54, 1.807) is 0 Å². The quantitative estimate of drug-likeness (QED) is 0.411. The maximum absolute atomic E-state index is 14.2. The molecule has 2 heterocycles. The van der Waals surface area contributed by atoms with E-state index >= 15 is 0 Å². The topological polar surface area (TPSA) is 111 Å². The lowest BCUT2D eigenvalue weighted by molar-refractivity contribution is -0.142. The van der Waals surface area contributed by atoms with Crippen LogP contribution in [0.4, 0.5) is 27.6 Å². The molecule has 0 unspecified atom stereocenters. The Kier molecular flexibility index (Phi) is 6.55. The maximum atomic E-state index is 14.2. The van der Waals surface area contributed by atoms with Gasteiger partial charge in [-0.1, -0.05) is 6.07 Å². The summed E-state index contributed by atoms with van der Waals surface area (Å²) in [4.78, 5) is 16.1. The molecule has 1 N–H and O–H groups in total. The van der Waals surface area contributed by atoms with Crippen molar-refractivity contribution >= 4 is 21.4 Å². The molecule has 0 radical (unpaired) electrons. The van der Waals surface area contributed by atoms with Crippen molar-refractivity contribution in [3.05, 3.63) is 64.6 Å². The largest absolute Gasteiger partial charge is 0.435 e. The van der Waals surface area contributed by atoms with Gasteiger partial charge in [0.15, 0.2) is 21.3 Å². The Labute approximate surface area is 189 Å². The van der Waals surface area contributed by atoms with Crippen molar-refractivity contribution in [3.8, 4) is 11.6 Å². The first-order valence-electron chi connectivity index (χ1n) is 9.25. The fourth-order valence-electron chi connectivity index (χ4n) is 2.88. The molecule has 1 amide bonds. The van der Waals surface area contributed by atoms with Crippen LogP contribution in [0, 0.1) is 25.6 Å². The number of aromatic nitrogens is 3. The second-order valence-corrected chi connectivity index (χ2v) is 9.09. The standard InChI is InChI=1S/C20H15F5N4O4S/c1-9-7-13(21)15(17(22)26-9)33-19-14(10(2)16(28-29-19)20(23,24)25)18(30)27-11-5-4-6-12(8-11)34(3,31)32/h4-8H,1-3H3,(H,27,30). The Morgan fingerprint density at radius 2 is 1.76 bits per heavy atom. The molecule has 0 aliphatic heterocycles. The molecule has 0 fully saturated rings. The highest BCUT2D eigenvalue weighted by Crippen LogP contribution is 2.36. The van der Waals surface area contributed by atoms with E-state index in [1.807, 2.05) is 0 Å². The molecule has 34 heavy (non-hydrogen) atoms. The van der Waals surface area contributed by atoms with E-state index in [0.29, 0.717) is 0 Å². The average molecular weight is 502 g/mol. The molecule has 0 spiro atoms. The van der Waals surface area contributed by atoms with Crippen molar-refractivity contribution in [2.75, 3.05) is 11.6 Å². The number of hydrogen-bond acceptors (Lipinski definition) is 7. The number of rotatable bonds is 5. The molecule has 0 aliphatic rings. The molecule has 3 rings (SSSR count). The van der Waals surface area contributed by atoms with Gasteiger partial charge in [-0.05, 0) is 43.7 Å². The predicted octanol–water partition coefficient (Wildman–Crippen LogP) is 4.23. The molecular weight excluding hydrogens is 487 g/mol. The van der Waals surface area contributed by atoms with Crippen molar-refractivity contribution in [1.29, 1.82) is 0 Å². The summed E-state index contributed by atoms with van der Waals surface area (Å²) in [5, 5.41) is 8.44. The first-order valence-corrected chi connectivity index (χ1v) is 11.1. The molecule has 14 heteroatoms. The van der Waals surface area contributed by atoms with E-state index in [2.05, 4.69) is 20.5 Å². The number of nitrogens with zero attached hydrogens (tertiary/aromatic N) is 3. The number of ether oxygens (including phenoxy) is 1. The molecule has 0 atom stereocenters. The highest BCUT2D eigenvalue weighted by Gasteiger charge is 2.38. The highest BCUT2D eigenvalue weighted by atomic mass is 32.2. The van der Waals surface area contributed by atoms with Crippen LogP contribution in [0.2, 0.25) is 0 Å². The van der Waals surface area contributed by atoms with Gasteiger partial charge >= 0.3 is 6.18 Å². The lowest BCUT2D eigenvalue weighted by Crippen LogP contribution is -2.21. The maximum Gasteiger partial charge on any atom is 0.435 e. The van der Waals surface area contributed by atoms with Gasteiger partial charge in [-0.25, -0.2) is 17.8 Å². The average Bonchev–Trinajstić information content (AvgIpc) is 2.69. The van der Waals surface area contributed by atoms with Crippen molar-refractivity contribution < 1.29 is 39.9 Å². The Hall–Kier alpha value is -3.68. The fraction of sp³-hybridized carbons (Fsp3) is 0.200. The van der Waals surface area contributed by atoms with Crippen LogP contribution in [0.3, 0.4) is 0 Å². The van der Waals surface area contributed by atoms with E-state index in [1.165, 1.54) is 25.1 Å². The first kappa shape index (κ1) is 25.0. The number of hydrogen-bond donors (Lipinski definition) is 1. The zero-order valence-corrected chi connectivity index (χ0v) is 18.5. The molecule has 0 aliphatic carbocycles. The minimum absolute atomic E-state index is 0.0410. The van der Waals surface area contributed by atoms with Gasteiger partial charge in [0, 0.05) is 17.6 Å². The molecule has 0 saturated heterocycles. The Bertz CT molecular complexity index is 1370. The first-order chi connectivity index (χ1) is 15.7. The molecular formula is C20H15F5N4O4S. The predicted molar refractivity (Wildman–Crippen MR) is 108 cm³/mol. The lowest BCUT2D eigenvalue weighted by atomic mass is 10.1. The van der Waals surface area contributed by atoms with E-state index in [-0.39, 0.29) is 16.3 Å². The number of nitrogens with one attached hydrogen (secondary N) is 1. The number of amides is 1. The monoisotopic (exact) mass is 502 g/mol. The van der Waals surface area contributed by atoms with Crippen LogP contribution in [0.25, 0.3) is 0 Å². The summed E-state index contributed by atoms with van der Waals surface area (Å²) < 4.78 is 96.9. The summed E-state index contributed by atoms with van der Waals surface area (Å²) in [5.41, 5.74) is -3.22. The van der Waals surface area contributed by atoms with Crippen LogP contribution in [0.15, 0.2) is 35.2 Å². The van der Waals surface area contributed by atoms with E-state index in [4.69, 9.17) is 4.74 Å². The zero-order chi connectivity index (χ0) is 25.4. The number of benzene rings is 1. The van der Waals surface area contributed by atoms with Gasteiger partial charge < -0.3 is 10.1 Å². The molecule has 2 aromatic heterocycles. The SMILES string of the molecule is Cc1cc(F)c(Oc2nnc(C(F)(F)F)c(C)c2C(=O)Nc2cccc(S(C)(=O)=O)c2)c(F)n1.